The van der Waals surface area contributed by atoms with Crippen molar-refractivity contribution in [3.8, 4) is 0 Å². The Morgan fingerprint density at radius 1 is 1.39 bits per heavy atom. The number of carboxylic acid groups (broad SMARTS) is 1. The average molecular weight is 283 g/mol. The minimum absolute atomic E-state index is 0.00459. The Labute approximate surface area is 110 Å². The summed E-state index contributed by atoms with van der Waals surface area (Å²) in [5.41, 5.74) is 0.720. The number of aromatic carboxylic acids is 1. The summed E-state index contributed by atoms with van der Waals surface area (Å²) in [6.07, 6.45) is 0. The van der Waals surface area contributed by atoms with E-state index in [1.165, 1.54) is 28.1 Å². The Balaban J connectivity index is 1.83. The van der Waals surface area contributed by atoms with Gasteiger partial charge in [0.25, 0.3) is 0 Å². The van der Waals surface area contributed by atoms with Crippen LogP contribution in [0.15, 0.2) is 22.2 Å². The Kier molecular flexibility index (Phi) is 3.90. The number of anilines is 1. The summed E-state index contributed by atoms with van der Waals surface area (Å²) in [6.45, 7) is 0.202. The SMILES string of the molecule is O=C(NCc1nc(C(=O)O)cs1)Nc1ccsc1. The van der Waals surface area contributed by atoms with Gasteiger partial charge in [-0.3, -0.25) is 0 Å². The van der Waals surface area contributed by atoms with E-state index in [-0.39, 0.29) is 18.3 Å². The van der Waals surface area contributed by atoms with Gasteiger partial charge in [0.1, 0.15) is 5.01 Å². The number of hydrogen-bond donors (Lipinski definition) is 3. The Hall–Kier alpha value is -1.93. The third kappa shape index (κ3) is 3.28. The molecule has 3 N–H and O–H groups in total. The molecule has 2 amide bonds. The number of urea groups is 1. The fourth-order valence-electron chi connectivity index (χ4n) is 1.16. The number of hydrogen-bond acceptors (Lipinski definition) is 5. The van der Waals surface area contributed by atoms with Gasteiger partial charge in [0.2, 0.25) is 0 Å². The number of aromatic nitrogens is 1. The molecule has 0 aliphatic heterocycles. The smallest absolute Gasteiger partial charge is 0.355 e. The van der Waals surface area contributed by atoms with E-state index in [0.29, 0.717) is 5.01 Å². The molecule has 6 nitrogen and oxygen atoms in total. The van der Waals surface area contributed by atoms with E-state index >= 15 is 0 Å². The molecular weight excluding hydrogens is 274 g/mol. The van der Waals surface area contributed by atoms with Gasteiger partial charge in [0, 0.05) is 10.8 Å². The van der Waals surface area contributed by atoms with E-state index in [2.05, 4.69) is 15.6 Å². The van der Waals surface area contributed by atoms with Crippen LogP contribution < -0.4 is 10.6 Å². The largest absolute Gasteiger partial charge is 0.476 e. The first-order valence-corrected chi connectivity index (χ1v) is 6.72. The lowest BCUT2D eigenvalue weighted by molar-refractivity contribution is 0.0691. The summed E-state index contributed by atoms with van der Waals surface area (Å²) in [7, 11) is 0. The molecule has 0 spiro atoms. The quantitative estimate of drug-likeness (QED) is 0.802. The van der Waals surface area contributed by atoms with E-state index in [0.717, 1.165) is 5.69 Å². The summed E-state index contributed by atoms with van der Waals surface area (Å²) >= 11 is 2.68. The minimum atomic E-state index is -1.07. The molecule has 8 heteroatoms. The summed E-state index contributed by atoms with van der Waals surface area (Å²) < 4.78 is 0. The third-order valence-corrected chi connectivity index (χ3v) is 3.48. The second kappa shape index (κ2) is 5.61. The Morgan fingerprint density at radius 3 is 2.83 bits per heavy atom. The fraction of sp³-hybridized carbons (Fsp3) is 0.100. The second-order valence-electron chi connectivity index (χ2n) is 3.25. The highest BCUT2D eigenvalue weighted by Crippen LogP contribution is 2.12. The van der Waals surface area contributed by atoms with Crippen LogP contribution in [0.25, 0.3) is 0 Å². The van der Waals surface area contributed by atoms with Crippen molar-refractivity contribution in [1.29, 1.82) is 0 Å². The van der Waals surface area contributed by atoms with Gasteiger partial charge in [-0.05, 0) is 11.4 Å². The standard InChI is InChI=1S/C10H9N3O3S2/c14-9(15)7-5-18-8(13-7)3-11-10(16)12-6-1-2-17-4-6/h1-2,4-5H,3H2,(H,14,15)(H2,11,12,16). The van der Waals surface area contributed by atoms with Gasteiger partial charge in [-0.1, -0.05) is 0 Å². The maximum absolute atomic E-state index is 11.5. The normalized spacial score (nSPS) is 10.0. The molecule has 0 radical (unpaired) electrons. The van der Waals surface area contributed by atoms with Crippen LogP contribution in [0.1, 0.15) is 15.5 Å². The lowest BCUT2D eigenvalue weighted by atomic mass is 10.5. The van der Waals surface area contributed by atoms with Crippen molar-refractivity contribution < 1.29 is 14.7 Å². The number of carbonyl (C=O) groups excluding carboxylic acids is 1. The van der Waals surface area contributed by atoms with Gasteiger partial charge >= 0.3 is 12.0 Å². The number of nitrogens with one attached hydrogen (secondary N) is 2. The third-order valence-electron chi connectivity index (χ3n) is 1.95. The lowest BCUT2D eigenvalue weighted by Gasteiger charge is -2.03. The number of carbonyl (C=O) groups is 2. The molecule has 0 saturated heterocycles. The van der Waals surface area contributed by atoms with Crippen LogP contribution in [0.4, 0.5) is 10.5 Å². The highest BCUT2D eigenvalue weighted by molar-refractivity contribution is 7.09. The van der Waals surface area contributed by atoms with Crippen LogP contribution in [-0.2, 0) is 6.54 Å². The first-order chi connectivity index (χ1) is 8.65. The van der Waals surface area contributed by atoms with Crippen LogP contribution in [-0.4, -0.2) is 22.1 Å². The Morgan fingerprint density at radius 2 is 2.22 bits per heavy atom. The predicted octanol–water partition coefficient (Wildman–Crippen LogP) is 2.22. The van der Waals surface area contributed by atoms with E-state index in [9.17, 15) is 9.59 Å². The van der Waals surface area contributed by atoms with E-state index < -0.39 is 5.97 Å². The zero-order valence-corrected chi connectivity index (χ0v) is 10.7. The number of nitrogens with zero attached hydrogens (tertiary/aromatic N) is 1. The number of amides is 2. The predicted molar refractivity (Wildman–Crippen MR) is 69.3 cm³/mol. The van der Waals surface area contributed by atoms with Crippen LogP contribution >= 0.6 is 22.7 Å². The van der Waals surface area contributed by atoms with Gasteiger partial charge in [0.15, 0.2) is 5.69 Å². The molecule has 2 aromatic rings. The first kappa shape index (κ1) is 12.5. The van der Waals surface area contributed by atoms with E-state index in [1.807, 2.05) is 10.8 Å². The lowest BCUT2D eigenvalue weighted by Crippen LogP contribution is -2.27. The van der Waals surface area contributed by atoms with Crippen molar-refractivity contribution in [2.45, 2.75) is 6.54 Å². The molecule has 0 aromatic carbocycles. The fourth-order valence-corrected chi connectivity index (χ4v) is 2.45. The van der Waals surface area contributed by atoms with Crippen LogP contribution in [0.2, 0.25) is 0 Å². The number of rotatable bonds is 4. The summed E-state index contributed by atoms with van der Waals surface area (Å²) in [6, 6.07) is 1.44. The van der Waals surface area contributed by atoms with Crippen LogP contribution in [0.5, 0.6) is 0 Å². The molecule has 0 saturated carbocycles. The zero-order valence-electron chi connectivity index (χ0n) is 9.04. The zero-order chi connectivity index (χ0) is 13.0. The summed E-state index contributed by atoms with van der Waals surface area (Å²) in [4.78, 5) is 25.9. The Bertz CT molecular complexity index is 550. The van der Waals surface area contributed by atoms with Gasteiger partial charge in [-0.15, -0.1) is 11.3 Å². The number of carboxylic acids is 1. The molecule has 18 heavy (non-hydrogen) atoms. The molecule has 0 atom stereocenters. The van der Waals surface area contributed by atoms with E-state index in [1.54, 1.807) is 6.07 Å². The monoisotopic (exact) mass is 283 g/mol. The molecule has 0 unspecified atom stereocenters. The van der Waals surface area contributed by atoms with Gasteiger partial charge in [0.05, 0.1) is 12.2 Å². The van der Waals surface area contributed by atoms with Gasteiger partial charge < -0.3 is 15.7 Å². The van der Waals surface area contributed by atoms with Crippen LogP contribution in [0, 0.1) is 0 Å². The van der Waals surface area contributed by atoms with Crippen molar-refractivity contribution in [1.82, 2.24) is 10.3 Å². The van der Waals surface area contributed by atoms with Crippen molar-refractivity contribution in [3.05, 3.63) is 32.9 Å². The number of thiophene rings is 1. The highest BCUT2D eigenvalue weighted by atomic mass is 32.1. The maximum atomic E-state index is 11.5. The van der Waals surface area contributed by atoms with Crippen molar-refractivity contribution >= 4 is 40.4 Å². The average Bonchev–Trinajstić information content (AvgIpc) is 2.96. The molecule has 2 aromatic heterocycles. The van der Waals surface area contributed by atoms with Crippen molar-refractivity contribution in [2.24, 2.45) is 0 Å². The molecular formula is C10H9N3O3S2. The minimum Gasteiger partial charge on any atom is -0.476 e. The molecule has 0 fully saturated rings. The summed E-state index contributed by atoms with van der Waals surface area (Å²) in [5, 5.41) is 19.6. The molecule has 2 rings (SSSR count). The molecule has 2 heterocycles. The first-order valence-electron chi connectivity index (χ1n) is 4.90. The van der Waals surface area contributed by atoms with Gasteiger partial charge in [-0.2, -0.15) is 11.3 Å². The number of thiazole rings is 1. The van der Waals surface area contributed by atoms with Crippen molar-refractivity contribution in [2.75, 3.05) is 5.32 Å². The van der Waals surface area contributed by atoms with E-state index in [4.69, 9.17) is 5.11 Å². The molecule has 0 aliphatic rings. The summed E-state index contributed by atoms with van der Waals surface area (Å²) in [5.74, 6) is -1.07. The van der Waals surface area contributed by atoms with Crippen molar-refractivity contribution in [3.63, 3.8) is 0 Å². The second-order valence-corrected chi connectivity index (χ2v) is 4.97. The maximum Gasteiger partial charge on any atom is 0.355 e. The van der Waals surface area contributed by atoms with Gasteiger partial charge in [-0.25, -0.2) is 14.6 Å². The molecule has 0 aliphatic carbocycles. The molecule has 94 valence electrons. The van der Waals surface area contributed by atoms with Crippen LogP contribution in [0.3, 0.4) is 0 Å². The molecule has 0 bridgehead atoms. The topological polar surface area (TPSA) is 91.3 Å². The highest BCUT2D eigenvalue weighted by Gasteiger charge is 2.09.